The minimum atomic E-state index is -0.887. The first-order valence-electron chi connectivity index (χ1n) is 9.44. The molecule has 3 aromatic rings. The van der Waals surface area contributed by atoms with Crippen LogP contribution in [-0.4, -0.2) is 17.9 Å². The van der Waals surface area contributed by atoms with Gasteiger partial charge in [-0.25, -0.2) is 9.96 Å². The first-order valence-corrected chi connectivity index (χ1v) is 10.6. The number of hydrogen-bond donors (Lipinski definition) is 0. The zero-order valence-electron chi connectivity index (χ0n) is 15.6. The Kier molecular flexibility index (Phi) is 4.85. The van der Waals surface area contributed by atoms with Gasteiger partial charge in [-0.3, -0.25) is 14.4 Å². The number of benzene rings is 3. The molecule has 5 nitrogen and oxygen atoms in total. The smallest absolute Gasteiger partial charge is 0.266 e. The molecule has 7 heteroatoms. The Morgan fingerprint density at radius 3 is 2.13 bits per heavy atom. The molecule has 3 aromatic carbocycles. The first-order chi connectivity index (χ1) is 14.5. The zero-order valence-corrected chi connectivity index (χ0v) is 18.0. The summed E-state index contributed by atoms with van der Waals surface area (Å²) in [6.07, 6.45) is -0.887. The summed E-state index contributed by atoms with van der Waals surface area (Å²) in [5.74, 6) is -1.29. The molecule has 0 saturated carbocycles. The number of para-hydroxylation sites is 1. The van der Waals surface area contributed by atoms with Gasteiger partial charge in [0.15, 0.2) is 6.10 Å². The van der Waals surface area contributed by atoms with Crippen LogP contribution in [0.5, 0.6) is 0 Å². The van der Waals surface area contributed by atoms with E-state index < -0.39 is 18.1 Å². The lowest BCUT2D eigenvalue weighted by molar-refractivity contribution is -0.126. The third-order valence-corrected chi connectivity index (χ3v) is 6.20. The topological polar surface area (TPSA) is 49.9 Å². The Hall–Kier alpha value is -2.67. The molecule has 2 saturated heterocycles. The molecular weight excluding hydrogens is 468 g/mol. The van der Waals surface area contributed by atoms with Crippen LogP contribution in [-0.2, 0) is 14.4 Å². The fraction of sp³-hybridized carbons (Fsp3) is 0.130. The van der Waals surface area contributed by atoms with E-state index in [0.717, 1.165) is 15.7 Å². The van der Waals surface area contributed by atoms with Crippen LogP contribution in [0.2, 0.25) is 5.02 Å². The minimum absolute atomic E-state index is 0.272. The molecule has 0 aromatic heterocycles. The summed E-state index contributed by atoms with van der Waals surface area (Å²) in [5, 5.41) is 2.28. The highest BCUT2D eigenvalue weighted by atomic mass is 79.9. The second-order valence-corrected chi connectivity index (χ2v) is 8.55. The number of fused-ring (bicyclic) bond motifs is 1. The van der Waals surface area contributed by atoms with Crippen molar-refractivity contribution in [3.8, 4) is 0 Å². The largest absolute Gasteiger partial charge is 0.273 e. The molecule has 0 radical (unpaired) electrons. The lowest BCUT2D eigenvalue weighted by atomic mass is 9.90. The predicted molar refractivity (Wildman–Crippen MR) is 118 cm³/mol. The highest BCUT2D eigenvalue weighted by molar-refractivity contribution is 9.10. The van der Waals surface area contributed by atoms with E-state index in [1.54, 1.807) is 41.5 Å². The molecule has 2 amide bonds. The van der Waals surface area contributed by atoms with Crippen LogP contribution in [0, 0.1) is 5.92 Å². The van der Waals surface area contributed by atoms with E-state index in [9.17, 15) is 9.59 Å². The standard InChI is InChI=1S/C23H16BrClN2O3/c24-15-8-12-17(13-9-15)26-22(28)19-20(14-6-10-16(25)11-7-14)27(30-21(19)23(26)29)18-4-2-1-3-5-18/h1-13,19-21H/t19-,20+,21+/m0/s1. The van der Waals surface area contributed by atoms with E-state index in [1.165, 1.54) is 4.90 Å². The van der Waals surface area contributed by atoms with Crippen LogP contribution in [0.4, 0.5) is 11.4 Å². The molecule has 2 fully saturated rings. The molecule has 0 unspecified atom stereocenters. The van der Waals surface area contributed by atoms with Crippen molar-refractivity contribution >= 4 is 50.7 Å². The first kappa shape index (κ1) is 19.3. The maximum atomic E-state index is 13.5. The van der Waals surface area contributed by atoms with E-state index in [1.807, 2.05) is 42.5 Å². The van der Waals surface area contributed by atoms with Gasteiger partial charge in [0.05, 0.1) is 17.4 Å². The monoisotopic (exact) mass is 482 g/mol. The van der Waals surface area contributed by atoms with Crippen molar-refractivity contribution in [2.75, 3.05) is 9.96 Å². The van der Waals surface area contributed by atoms with Gasteiger partial charge < -0.3 is 0 Å². The van der Waals surface area contributed by atoms with Gasteiger partial charge in [-0.2, -0.15) is 0 Å². The Morgan fingerprint density at radius 1 is 0.800 bits per heavy atom. The number of carbonyl (C=O) groups is 2. The predicted octanol–water partition coefficient (Wildman–Crippen LogP) is 5.15. The SMILES string of the molecule is O=C1[C@H]2[C@@H](c3ccc(Cl)cc3)N(c3ccccc3)O[C@H]2C(=O)N1c1ccc(Br)cc1. The summed E-state index contributed by atoms with van der Waals surface area (Å²) < 4.78 is 0.871. The summed E-state index contributed by atoms with van der Waals surface area (Å²) in [6, 6.07) is 23.4. The highest BCUT2D eigenvalue weighted by Crippen LogP contribution is 2.47. The van der Waals surface area contributed by atoms with Crippen LogP contribution in [0.1, 0.15) is 11.6 Å². The lowest BCUT2D eigenvalue weighted by Gasteiger charge is -2.28. The molecule has 0 N–H and O–H groups in total. The van der Waals surface area contributed by atoms with Crippen molar-refractivity contribution in [2.45, 2.75) is 12.1 Å². The summed E-state index contributed by atoms with van der Waals surface area (Å²) >= 11 is 9.45. The van der Waals surface area contributed by atoms with Gasteiger partial charge >= 0.3 is 0 Å². The summed E-state index contributed by atoms with van der Waals surface area (Å²) in [4.78, 5) is 34.0. The number of amides is 2. The molecule has 0 bridgehead atoms. The Morgan fingerprint density at radius 2 is 1.47 bits per heavy atom. The second kappa shape index (κ2) is 7.54. The third kappa shape index (κ3) is 3.12. The van der Waals surface area contributed by atoms with Crippen molar-refractivity contribution in [3.05, 3.63) is 93.9 Å². The van der Waals surface area contributed by atoms with Crippen molar-refractivity contribution in [1.29, 1.82) is 0 Å². The van der Waals surface area contributed by atoms with E-state index in [2.05, 4.69) is 15.9 Å². The summed E-state index contributed by atoms with van der Waals surface area (Å²) in [6.45, 7) is 0. The van der Waals surface area contributed by atoms with Crippen molar-refractivity contribution in [2.24, 2.45) is 5.92 Å². The van der Waals surface area contributed by atoms with Gasteiger partial charge in [0, 0.05) is 9.50 Å². The van der Waals surface area contributed by atoms with Crippen molar-refractivity contribution in [3.63, 3.8) is 0 Å². The number of hydroxylamine groups is 1. The van der Waals surface area contributed by atoms with Crippen LogP contribution >= 0.6 is 27.5 Å². The number of rotatable bonds is 3. The van der Waals surface area contributed by atoms with Gasteiger partial charge in [-0.05, 0) is 54.1 Å². The molecule has 150 valence electrons. The van der Waals surface area contributed by atoms with Crippen LogP contribution in [0.3, 0.4) is 0 Å². The number of nitrogens with zero attached hydrogens (tertiary/aromatic N) is 2. The molecule has 2 aliphatic heterocycles. The summed E-state index contributed by atoms with van der Waals surface area (Å²) in [5.41, 5.74) is 2.17. The fourth-order valence-corrected chi connectivity index (χ4v) is 4.45. The number of halogens is 2. The van der Waals surface area contributed by atoms with Crippen molar-refractivity contribution < 1.29 is 14.4 Å². The molecule has 30 heavy (non-hydrogen) atoms. The van der Waals surface area contributed by atoms with Crippen LogP contribution in [0.15, 0.2) is 83.3 Å². The molecule has 3 atom stereocenters. The van der Waals surface area contributed by atoms with Gasteiger partial charge in [0.2, 0.25) is 5.91 Å². The maximum Gasteiger partial charge on any atom is 0.266 e. The average molecular weight is 484 g/mol. The zero-order chi connectivity index (χ0) is 20.8. The Bertz CT molecular complexity index is 1110. The molecule has 0 aliphatic carbocycles. The van der Waals surface area contributed by atoms with Gasteiger partial charge in [0.25, 0.3) is 5.91 Å². The fourth-order valence-electron chi connectivity index (χ4n) is 4.06. The van der Waals surface area contributed by atoms with Crippen LogP contribution < -0.4 is 9.96 Å². The van der Waals surface area contributed by atoms with E-state index in [0.29, 0.717) is 10.7 Å². The summed E-state index contributed by atoms with van der Waals surface area (Å²) in [7, 11) is 0. The number of hydrogen-bond acceptors (Lipinski definition) is 4. The van der Waals surface area contributed by atoms with Crippen molar-refractivity contribution in [1.82, 2.24) is 0 Å². The van der Waals surface area contributed by atoms with E-state index in [-0.39, 0.29) is 11.8 Å². The molecule has 2 heterocycles. The number of imide groups is 1. The lowest BCUT2D eigenvalue weighted by Crippen LogP contribution is -2.37. The maximum absolute atomic E-state index is 13.5. The normalized spacial score (nSPS) is 23.2. The van der Waals surface area contributed by atoms with Gasteiger partial charge in [-0.1, -0.05) is 57.9 Å². The molecule has 2 aliphatic rings. The Labute approximate surface area is 186 Å². The van der Waals surface area contributed by atoms with Gasteiger partial charge in [0.1, 0.15) is 5.92 Å². The third-order valence-electron chi connectivity index (χ3n) is 5.42. The number of carbonyl (C=O) groups excluding carboxylic acids is 2. The Balaban J connectivity index is 1.58. The van der Waals surface area contributed by atoms with Gasteiger partial charge in [-0.15, -0.1) is 0 Å². The highest BCUT2D eigenvalue weighted by Gasteiger charge is 2.60. The molecule has 5 rings (SSSR count). The van der Waals surface area contributed by atoms with E-state index in [4.69, 9.17) is 16.4 Å². The second-order valence-electron chi connectivity index (χ2n) is 7.20. The average Bonchev–Trinajstić information content (AvgIpc) is 3.27. The molecular formula is C23H16BrClN2O3. The minimum Gasteiger partial charge on any atom is -0.273 e. The van der Waals surface area contributed by atoms with E-state index >= 15 is 0 Å². The number of anilines is 2. The molecule has 0 spiro atoms. The quantitative estimate of drug-likeness (QED) is 0.483. The van der Waals surface area contributed by atoms with Crippen LogP contribution in [0.25, 0.3) is 0 Å².